The molecule has 0 spiro atoms. The van der Waals surface area contributed by atoms with E-state index >= 15 is 0 Å². The smallest absolute Gasteiger partial charge is 0.416 e. The van der Waals surface area contributed by atoms with Gasteiger partial charge in [0, 0.05) is 0 Å². The summed E-state index contributed by atoms with van der Waals surface area (Å²) < 4.78 is 47.6. The van der Waals surface area contributed by atoms with Crippen molar-refractivity contribution in [2.75, 3.05) is 5.75 Å². The minimum absolute atomic E-state index is 0.0555. The third-order valence-electron chi connectivity index (χ3n) is 6.79. The fourth-order valence-corrected chi connectivity index (χ4v) is 5.69. The molecule has 0 radical (unpaired) electrons. The van der Waals surface area contributed by atoms with Crippen LogP contribution in [0.1, 0.15) is 51.2 Å². The van der Waals surface area contributed by atoms with Gasteiger partial charge in [-0.25, -0.2) is 4.98 Å². The van der Waals surface area contributed by atoms with Crippen LogP contribution >= 0.6 is 11.8 Å². The van der Waals surface area contributed by atoms with Crippen LogP contribution in [0.25, 0.3) is 11.0 Å². The van der Waals surface area contributed by atoms with E-state index in [1.807, 2.05) is 34.9 Å². The van der Waals surface area contributed by atoms with E-state index in [9.17, 15) is 18.0 Å². The van der Waals surface area contributed by atoms with Crippen molar-refractivity contribution in [3.8, 4) is 0 Å². The van der Waals surface area contributed by atoms with Crippen LogP contribution in [0.4, 0.5) is 13.2 Å². The summed E-state index contributed by atoms with van der Waals surface area (Å²) in [6.07, 6.45) is -1.47. The number of alkyl halides is 3. The van der Waals surface area contributed by atoms with Gasteiger partial charge in [0.15, 0.2) is 5.16 Å². The maximum Gasteiger partial charge on any atom is 0.416 e. The molecule has 3 unspecified atom stereocenters. The number of thioether (sulfide) groups is 1. The van der Waals surface area contributed by atoms with Gasteiger partial charge in [0.2, 0.25) is 0 Å². The number of rotatable bonds is 7. The van der Waals surface area contributed by atoms with Gasteiger partial charge in [-0.3, -0.25) is 4.79 Å². The monoisotopic (exact) mass is 504 g/mol. The van der Waals surface area contributed by atoms with Gasteiger partial charge in [-0.2, -0.15) is 13.2 Å². The predicted molar refractivity (Wildman–Crippen MR) is 132 cm³/mol. The molecule has 188 valence electrons. The Balaban J connectivity index is 1.55. The lowest BCUT2D eigenvalue weighted by atomic mass is 9.75. The summed E-state index contributed by atoms with van der Waals surface area (Å²) in [6, 6.07) is 13.2. The molecule has 0 aliphatic heterocycles. The van der Waals surface area contributed by atoms with Crippen molar-refractivity contribution >= 4 is 28.8 Å². The molecule has 3 aromatic rings. The highest BCUT2D eigenvalue weighted by atomic mass is 32.2. The van der Waals surface area contributed by atoms with Crippen molar-refractivity contribution in [2.45, 2.75) is 64.0 Å². The minimum atomic E-state index is -4.45. The molecular weight excluding hydrogens is 473 g/mol. The van der Waals surface area contributed by atoms with E-state index in [1.54, 1.807) is 0 Å². The second-order valence-corrected chi connectivity index (χ2v) is 10.8. The molecule has 1 aromatic heterocycles. The average Bonchev–Trinajstić information content (AvgIpc) is 3.14. The number of nitrogens with zero attached hydrogens (tertiary/aromatic N) is 2. The quantitative estimate of drug-likeness (QED) is 0.252. The van der Waals surface area contributed by atoms with Crippen molar-refractivity contribution in [1.29, 1.82) is 0 Å². The highest BCUT2D eigenvalue weighted by Gasteiger charge is 2.34. The summed E-state index contributed by atoms with van der Waals surface area (Å²) in [4.78, 5) is 17.3. The van der Waals surface area contributed by atoms with Crippen molar-refractivity contribution in [1.82, 2.24) is 9.55 Å². The minimum Gasteiger partial charge on any atom is -0.461 e. The summed E-state index contributed by atoms with van der Waals surface area (Å²) in [6.45, 7) is 6.96. The van der Waals surface area contributed by atoms with Crippen LogP contribution in [0.2, 0.25) is 0 Å². The lowest BCUT2D eigenvalue weighted by Gasteiger charge is -2.36. The van der Waals surface area contributed by atoms with E-state index < -0.39 is 11.7 Å². The standard InChI is InChI=1S/C27H31F3N2O2S/c1-17(2)21-11-9-18(3)13-24(21)34-25(33)16-35-26-31-22-14-20(27(28,29)30)10-12-23(22)32(26)15-19-7-5-4-6-8-19/h4-8,10,12,14,17-18,21,24H,9,11,13,15-16H2,1-3H3. The number of hydrogen-bond acceptors (Lipinski definition) is 4. The molecule has 1 heterocycles. The first-order valence-corrected chi connectivity index (χ1v) is 13.0. The number of carbonyl (C=O) groups excluding carboxylic acids is 1. The molecule has 2 aromatic carbocycles. The second-order valence-electron chi connectivity index (χ2n) is 9.81. The largest absolute Gasteiger partial charge is 0.461 e. The molecule has 0 bridgehead atoms. The Morgan fingerprint density at radius 1 is 1.17 bits per heavy atom. The van der Waals surface area contributed by atoms with E-state index in [2.05, 4.69) is 25.8 Å². The summed E-state index contributed by atoms with van der Waals surface area (Å²) in [5, 5.41) is 0.498. The fraction of sp³-hybridized carbons (Fsp3) is 0.481. The fourth-order valence-electron chi connectivity index (χ4n) is 4.89. The molecule has 1 fully saturated rings. The first kappa shape index (κ1) is 25.6. The van der Waals surface area contributed by atoms with Gasteiger partial charge in [-0.05, 0) is 54.4 Å². The van der Waals surface area contributed by atoms with Gasteiger partial charge in [-0.1, -0.05) is 69.3 Å². The van der Waals surface area contributed by atoms with Gasteiger partial charge in [0.1, 0.15) is 6.10 Å². The number of ether oxygens (including phenoxy) is 1. The molecule has 35 heavy (non-hydrogen) atoms. The van der Waals surface area contributed by atoms with E-state index in [0.717, 1.165) is 37.0 Å². The Morgan fingerprint density at radius 3 is 2.60 bits per heavy atom. The molecule has 4 rings (SSSR count). The number of benzene rings is 2. The van der Waals surface area contributed by atoms with Crippen molar-refractivity contribution in [3.63, 3.8) is 0 Å². The first-order chi connectivity index (χ1) is 16.6. The number of hydrogen-bond donors (Lipinski definition) is 0. The van der Waals surface area contributed by atoms with Gasteiger partial charge in [0.25, 0.3) is 0 Å². The second kappa shape index (κ2) is 10.6. The topological polar surface area (TPSA) is 44.1 Å². The zero-order valence-corrected chi connectivity index (χ0v) is 21.0. The third-order valence-corrected chi connectivity index (χ3v) is 7.74. The maximum absolute atomic E-state index is 13.3. The van der Waals surface area contributed by atoms with Crippen LogP contribution in [0.15, 0.2) is 53.7 Å². The van der Waals surface area contributed by atoms with Crippen LogP contribution in [0, 0.1) is 17.8 Å². The Hall–Kier alpha value is -2.48. The number of esters is 1. The highest BCUT2D eigenvalue weighted by Crippen LogP contribution is 2.36. The highest BCUT2D eigenvalue weighted by molar-refractivity contribution is 7.99. The molecule has 0 N–H and O–H groups in total. The van der Waals surface area contributed by atoms with Gasteiger partial charge in [0.05, 0.1) is 28.9 Å². The molecule has 0 saturated heterocycles. The lowest BCUT2D eigenvalue weighted by Crippen LogP contribution is -2.36. The SMILES string of the molecule is CC1CCC(C(C)C)C(OC(=O)CSc2nc3cc(C(F)(F)F)ccc3n2Cc2ccccc2)C1. The molecule has 4 nitrogen and oxygen atoms in total. The van der Waals surface area contributed by atoms with Crippen molar-refractivity contribution in [3.05, 3.63) is 59.7 Å². The molecular formula is C27H31F3N2O2S. The zero-order valence-electron chi connectivity index (χ0n) is 20.2. The van der Waals surface area contributed by atoms with Gasteiger partial charge >= 0.3 is 12.1 Å². The van der Waals surface area contributed by atoms with E-state index in [4.69, 9.17) is 4.74 Å². The third kappa shape index (κ3) is 6.21. The number of fused-ring (bicyclic) bond motifs is 1. The molecule has 1 aliphatic carbocycles. The van der Waals surface area contributed by atoms with E-state index in [1.165, 1.54) is 17.8 Å². The summed E-state index contributed by atoms with van der Waals surface area (Å²) in [5.41, 5.74) is 1.11. The van der Waals surface area contributed by atoms with Crippen molar-refractivity contribution in [2.24, 2.45) is 17.8 Å². The molecule has 8 heteroatoms. The van der Waals surface area contributed by atoms with E-state index in [-0.39, 0.29) is 23.3 Å². The van der Waals surface area contributed by atoms with Gasteiger partial charge in [-0.15, -0.1) is 0 Å². The Morgan fingerprint density at radius 2 is 1.91 bits per heavy atom. The van der Waals surface area contributed by atoms with Gasteiger partial charge < -0.3 is 9.30 Å². The zero-order chi connectivity index (χ0) is 25.2. The Bertz CT molecular complexity index is 1160. The van der Waals surface area contributed by atoms with Crippen LogP contribution in [0.5, 0.6) is 0 Å². The van der Waals surface area contributed by atoms with Crippen LogP contribution in [0.3, 0.4) is 0 Å². The number of aromatic nitrogens is 2. The molecule has 1 aliphatic rings. The van der Waals surface area contributed by atoms with Crippen molar-refractivity contribution < 1.29 is 22.7 Å². The Labute approximate surface area is 208 Å². The molecule has 1 saturated carbocycles. The summed E-state index contributed by atoms with van der Waals surface area (Å²) in [7, 11) is 0. The normalized spacial score (nSPS) is 20.9. The predicted octanol–water partition coefficient (Wildman–Crippen LogP) is 7.20. The Kier molecular flexibility index (Phi) is 7.79. The maximum atomic E-state index is 13.3. The van der Waals surface area contributed by atoms with Crippen LogP contribution < -0.4 is 0 Å². The molecule has 0 amide bonds. The first-order valence-electron chi connectivity index (χ1n) is 12.1. The van der Waals surface area contributed by atoms with Crippen LogP contribution in [-0.4, -0.2) is 27.4 Å². The average molecular weight is 505 g/mol. The lowest BCUT2D eigenvalue weighted by molar-refractivity contribution is -0.152. The summed E-state index contributed by atoms with van der Waals surface area (Å²) >= 11 is 1.21. The summed E-state index contributed by atoms with van der Waals surface area (Å²) in [5.74, 6) is 1.05. The number of halogens is 3. The number of carbonyl (C=O) groups is 1. The molecule has 3 atom stereocenters. The van der Waals surface area contributed by atoms with Crippen LogP contribution in [-0.2, 0) is 22.3 Å². The number of imidazole rings is 1. The van der Waals surface area contributed by atoms with E-state index in [0.29, 0.717) is 35.0 Å².